The average Bonchev–Trinajstić information content (AvgIpc) is 2.96. The van der Waals surface area contributed by atoms with E-state index in [0.29, 0.717) is 17.0 Å². The number of carbonyl (C=O) groups excluding carboxylic acids is 1. The maximum Gasteiger partial charge on any atom is 0.257 e. The Morgan fingerprint density at radius 1 is 1.42 bits per heavy atom. The summed E-state index contributed by atoms with van der Waals surface area (Å²) in [4.78, 5) is 12.4. The molecule has 0 unspecified atom stereocenters. The lowest BCUT2D eigenvalue weighted by Crippen LogP contribution is -2.41. The fourth-order valence-corrected chi connectivity index (χ4v) is 2.43. The minimum Gasteiger partial charge on any atom is -0.376 e. The molecule has 1 aliphatic heterocycles. The van der Waals surface area contributed by atoms with Crippen molar-refractivity contribution in [3.05, 3.63) is 17.0 Å². The molecule has 0 aromatic carbocycles. The van der Waals surface area contributed by atoms with Crippen LogP contribution < -0.4 is 5.32 Å². The largest absolute Gasteiger partial charge is 0.376 e. The SMILES string of the molecule is Cc1noc(C(C)C)c1C(=O)N[C@@H](C)[C@@H]1CCCO1. The molecule has 5 nitrogen and oxygen atoms in total. The van der Waals surface area contributed by atoms with E-state index in [9.17, 15) is 4.79 Å². The number of hydrogen-bond donors (Lipinski definition) is 1. The first-order valence-corrected chi connectivity index (χ1v) is 6.89. The molecule has 1 amide bonds. The van der Waals surface area contributed by atoms with E-state index in [1.54, 1.807) is 6.92 Å². The summed E-state index contributed by atoms with van der Waals surface area (Å²) in [5.41, 5.74) is 1.21. The normalized spacial score (nSPS) is 20.8. The van der Waals surface area contributed by atoms with Gasteiger partial charge in [0.15, 0.2) is 5.76 Å². The molecule has 19 heavy (non-hydrogen) atoms. The summed E-state index contributed by atoms with van der Waals surface area (Å²) in [6, 6.07) is 0.00399. The van der Waals surface area contributed by atoms with Crippen LogP contribution in [0.5, 0.6) is 0 Å². The monoisotopic (exact) mass is 266 g/mol. The molecule has 1 N–H and O–H groups in total. The van der Waals surface area contributed by atoms with Gasteiger partial charge in [-0.2, -0.15) is 0 Å². The number of carbonyl (C=O) groups is 1. The first-order chi connectivity index (χ1) is 9.00. The Morgan fingerprint density at radius 3 is 2.74 bits per heavy atom. The number of rotatable bonds is 4. The molecule has 0 radical (unpaired) electrons. The number of nitrogens with zero attached hydrogens (tertiary/aromatic N) is 1. The minimum atomic E-state index is -0.120. The first-order valence-electron chi connectivity index (χ1n) is 6.89. The van der Waals surface area contributed by atoms with E-state index >= 15 is 0 Å². The van der Waals surface area contributed by atoms with Gasteiger partial charge < -0.3 is 14.6 Å². The van der Waals surface area contributed by atoms with Gasteiger partial charge in [-0.3, -0.25) is 4.79 Å². The van der Waals surface area contributed by atoms with Crippen LogP contribution >= 0.6 is 0 Å². The zero-order chi connectivity index (χ0) is 14.0. The van der Waals surface area contributed by atoms with Crippen molar-refractivity contribution in [2.45, 2.75) is 58.6 Å². The lowest BCUT2D eigenvalue weighted by molar-refractivity contribution is 0.0710. The van der Waals surface area contributed by atoms with Gasteiger partial charge in [0, 0.05) is 12.5 Å². The number of hydrogen-bond acceptors (Lipinski definition) is 4. The summed E-state index contributed by atoms with van der Waals surface area (Å²) in [5, 5.41) is 6.89. The molecule has 2 rings (SSSR count). The summed E-state index contributed by atoms with van der Waals surface area (Å²) >= 11 is 0. The Kier molecular flexibility index (Phi) is 4.24. The highest BCUT2D eigenvalue weighted by atomic mass is 16.5. The smallest absolute Gasteiger partial charge is 0.257 e. The molecule has 0 aliphatic carbocycles. The molecule has 106 valence electrons. The van der Waals surface area contributed by atoms with E-state index in [-0.39, 0.29) is 24.0 Å². The second kappa shape index (κ2) is 5.74. The van der Waals surface area contributed by atoms with Crippen molar-refractivity contribution >= 4 is 5.91 Å². The molecule has 1 fully saturated rings. The van der Waals surface area contributed by atoms with Crippen molar-refractivity contribution in [2.75, 3.05) is 6.61 Å². The summed E-state index contributed by atoms with van der Waals surface area (Å²) in [5.74, 6) is 0.667. The van der Waals surface area contributed by atoms with Crippen molar-refractivity contribution in [2.24, 2.45) is 0 Å². The highest BCUT2D eigenvalue weighted by Gasteiger charge is 2.27. The molecule has 2 atom stereocenters. The van der Waals surface area contributed by atoms with Gasteiger partial charge in [-0.25, -0.2) is 0 Å². The molecule has 2 heterocycles. The van der Waals surface area contributed by atoms with Crippen LogP contribution in [0.2, 0.25) is 0 Å². The number of aryl methyl sites for hydroxylation is 1. The second-order valence-corrected chi connectivity index (χ2v) is 5.48. The van der Waals surface area contributed by atoms with Crippen LogP contribution in [-0.4, -0.2) is 29.8 Å². The molecule has 0 bridgehead atoms. The van der Waals surface area contributed by atoms with Crippen molar-refractivity contribution in [1.29, 1.82) is 0 Å². The van der Waals surface area contributed by atoms with E-state index in [2.05, 4.69) is 10.5 Å². The molecule has 1 aliphatic rings. The predicted octanol–water partition coefficient (Wildman–Crippen LogP) is 2.40. The molecule has 1 saturated heterocycles. The van der Waals surface area contributed by atoms with Gasteiger partial charge in [0.25, 0.3) is 5.91 Å². The van der Waals surface area contributed by atoms with Gasteiger partial charge in [0.05, 0.1) is 17.8 Å². The fourth-order valence-electron chi connectivity index (χ4n) is 2.43. The molecule has 5 heteroatoms. The van der Waals surface area contributed by atoms with Crippen LogP contribution in [0.1, 0.15) is 61.3 Å². The summed E-state index contributed by atoms with van der Waals surface area (Å²) < 4.78 is 10.8. The quantitative estimate of drug-likeness (QED) is 0.909. The Balaban J connectivity index is 2.09. The molecular weight excluding hydrogens is 244 g/mol. The van der Waals surface area contributed by atoms with Gasteiger partial charge in [-0.1, -0.05) is 19.0 Å². The third-order valence-corrected chi connectivity index (χ3v) is 3.52. The lowest BCUT2D eigenvalue weighted by atomic mass is 10.0. The van der Waals surface area contributed by atoms with Crippen molar-refractivity contribution in [1.82, 2.24) is 10.5 Å². The van der Waals surface area contributed by atoms with Crippen LogP contribution in [-0.2, 0) is 4.74 Å². The minimum absolute atomic E-state index is 0.00399. The van der Waals surface area contributed by atoms with Crippen LogP contribution in [0, 0.1) is 6.92 Å². The highest BCUT2D eigenvalue weighted by Crippen LogP contribution is 2.23. The van der Waals surface area contributed by atoms with Crippen molar-refractivity contribution in [3.8, 4) is 0 Å². The maximum absolute atomic E-state index is 12.4. The number of aromatic nitrogens is 1. The highest BCUT2D eigenvalue weighted by molar-refractivity contribution is 5.96. The van der Waals surface area contributed by atoms with Gasteiger partial charge in [-0.05, 0) is 26.7 Å². The van der Waals surface area contributed by atoms with Crippen LogP contribution in [0.4, 0.5) is 0 Å². The molecule has 1 aromatic heterocycles. The topological polar surface area (TPSA) is 64.4 Å². The summed E-state index contributed by atoms with van der Waals surface area (Å²) in [6.07, 6.45) is 2.18. The Labute approximate surface area is 113 Å². The molecule has 1 aromatic rings. The number of amides is 1. The molecule has 0 saturated carbocycles. The average molecular weight is 266 g/mol. The summed E-state index contributed by atoms with van der Waals surface area (Å²) in [7, 11) is 0. The van der Waals surface area contributed by atoms with Crippen LogP contribution in [0.25, 0.3) is 0 Å². The zero-order valence-corrected chi connectivity index (χ0v) is 12.0. The lowest BCUT2D eigenvalue weighted by Gasteiger charge is -2.20. The van der Waals surface area contributed by atoms with Crippen LogP contribution in [0.15, 0.2) is 4.52 Å². The van der Waals surface area contributed by atoms with E-state index in [1.165, 1.54) is 0 Å². The van der Waals surface area contributed by atoms with Crippen LogP contribution in [0.3, 0.4) is 0 Å². The van der Waals surface area contributed by atoms with E-state index in [1.807, 2.05) is 20.8 Å². The third kappa shape index (κ3) is 2.97. The van der Waals surface area contributed by atoms with Gasteiger partial charge in [0.1, 0.15) is 5.56 Å². The summed E-state index contributed by atoms with van der Waals surface area (Å²) in [6.45, 7) is 8.53. The van der Waals surface area contributed by atoms with E-state index < -0.39 is 0 Å². The maximum atomic E-state index is 12.4. The van der Waals surface area contributed by atoms with Crippen molar-refractivity contribution < 1.29 is 14.1 Å². The standard InChI is InChI=1S/C14H22N2O3/c1-8(2)13-12(10(4)16-19-13)14(17)15-9(3)11-6-5-7-18-11/h8-9,11H,5-7H2,1-4H3,(H,15,17)/t9-,11-/m0/s1. The third-order valence-electron chi connectivity index (χ3n) is 3.52. The molecular formula is C14H22N2O3. The van der Waals surface area contributed by atoms with E-state index in [0.717, 1.165) is 19.4 Å². The first kappa shape index (κ1) is 14.1. The Bertz CT molecular complexity index is 448. The van der Waals surface area contributed by atoms with Crippen molar-refractivity contribution in [3.63, 3.8) is 0 Å². The Hall–Kier alpha value is -1.36. The second-order valence-electron chi connectivity index (χ2n) is 5.48. The van der Waals surface area contributed by atoms with Gasteiger partial charge >= 0.3 is 0 Å². The zero-order valence-electron chi connectivity index (χ0n) is 12.0. The fraction of sp³-hybridized carbons (Fsp3) is 0.714. The number of nitrogens with one attached hydrogen (secondary N) is 1. The number of ether oxygens (including phenoxy) is 1. The van der Waals surface area contributed by atoms with Gasteiger partial charge in [-0.15, -0.1) is 0 Å². The van der Waals surface area contributed by atoms with E-state index in [4.69, 9.17) is 9.26 Å². The Morgan fingerprint density at radius 2 is 2.16 bits per heavy atom. The predicted molar refractivity (Wildman–Crippen MR) is 71.2 cm³/mol. The molecule has 0 spiro atoms. The van der Waals surface area contributed by atoms with Gasteiger partial charge in [0.2, 0.25) is 0 Å².